The molecule has 7 N–H and O–H groups in total. The monoisotopic (exact) mass is 845 g/mol. The Labute approximate surface area is 367 Å². The van der Waals surface area contributed by atoms with Crippen molar-refractivity contribution in [1.29, 1.82) is 0 Å². The van der Waals surface area contributed by atoms with E-state index in [1.807, 2.05) is 24.3 Å². The van der Waals surface area contributed by atoms with Crippen molar-refractivity contribution in [3.05, 3.63) is 88.5 Å². The zero-order valence-electron chi connectivity index (χ0n) is 36.9. The third-order valence-corrected chi connectivity index (χ3v) is 15.2. The number of methoxy groups -OCH3 is 1. The maximum Gasteiger partial charge on any atom is 0.188 e. The summed E-state index contributed by atoms with van der Waals surface area (Å²) in [6, 6.07) is 11.5. The number of fused-ring (bicyclic) bond motifs is 2. The number of aliphatic hydroxyl groups is 2. The number of phenols is 2. The second-order valence-corrected chi connectivity index (χ2v) is 19.6. The van der Waals surface area contributed by atoms with E-state index in [2.05, 4.69) is 56.5 Å². The van der Waals surface area contributed by atoms with Gasteiger partial charge in [0, 0.05) is 54.5 Å². The standard InChI is InChI=1S/C52H67N3O7/c1-5-29-19-32-13-12-31(29)20-37(56)9-7-17-54-52(53)55-27-34-14-11-30-8-6-10-38(34)50(30)62-46-24-33(15-16-42(46)57)51-44(59)25-41-45(61-51)26-47(60-4)49-40-22-36(18-28(2)3)43(58)23-35(40)21-39(32)48(41)49/h11-16,22-24,26,28-32,34,37-39,44,50-51,56-59H,5-10,17-21,25,27H2,1-4H3,(H3,53,54,55)/t29-,30+,31-,32-,34+,37-,38-,39+,44-,50+,51+/m1/s1. The summed E-state index contributed by atoms with van der Waals surface area (Å²) < 4.78 is 20.0. The van der Waals surface area contributed by atoms with Crippen molar-refractivity contribution in [2.45, 2.75) is 122 Å². The van der Waals surface area contributed by atoms with Crippen LogP contribution in [0.15, 0.2) is 65.7 Å². The average Bonchev–Trinajstić information content (AvgIpc) is 3.25. The lowest BCUT2D eigenvalue weighted by molar-refractivity contribution is 0.0180. The lowest BCUT2D eigenvalue weighted by Crippen LogP contribution is -2.44. The first-order valence-electron chi connectivity index (χ1n) is 23.5. The fraction of sp³-hybridized carbons (Fsp3) is 0.558. The smallest absolute Gasteiger partial charge is 0.188 e. The van der Waals surface area contributed by atoms with Crippen LogP contribution in [0.3, 0.4) is 0 Å². The minimum Gasteiger partial charge on any atom is -0.508 e. The molecule has 0 amide bonds. The number of nitrogens with zero attached hydrogens (tertiary/aromatic N) is 1. The molecule has 11 atom stereocenters. The number of aliphatic hydroxyl groups excluding tert-OH is 2. The highest BCUT2D eigenvalue weighted by atomic mass is 16.5. The molecular formula is C52H67N3O7. The lowest BCUT2D eigenvalue weighted by atomic mass is 9.64. The quantitative estimate of drug-likeness (QED) is 0.141. The number of allylic oxidation sites excluding steroid dienone is 2. The van der Waals surface area contributed by atoms with Gasteiger partial charge in [0.15, 0.2) is 17.5 Å². The number of nitrogens with two attached hydrogens (primary N) is 1. The van der Waals surface area contributed by atoms with Crippen LogP contribution in [0.25, 0.3) is 11.1 Å². The SMILES string of the molecule is CC[C@@H]1C[C@H]2C=C[C@@H]1C[C@H](O)CCCNC(N)=NC[C@@H]1C=C[C@@H]3CCC[C@H]1[C@H]3Oc1cc(ccc1O)[C@@H]1Oc3cc(OC)c4c(c3C[C@H]1O)[C@H]2Cc1cc(O)c(CC(C)C)cc1-4. The normalized spacial score (nSPS) is 31.7. The van der Waals surface area contributed by atoms with Gasteiger partial charge in [-0.2, -0.15) is 0 Å². The molecule has 5 aliphatic heterocycles. The number of phenolic OH excluding ortho intramolecular Hbond substituents is 2. The second kappa shape index (κ2) is 17.8. The first-order chi connectivity index (χ1) is 30.0. The summed E-state index contributed by atoms with van der Waals surface area (Å²) in [7, 11) is 1.71. The maximum atomic E-state index is 12.2. The fourth-order valence-corrected chi connectivity index (χ4v) is 12.0. The Balaban J connectivity index is 1.14. The van der Waals surface area contributed by atoms with Gasteiger partial charge in [0.05, 0.1) is 19.3 Å². The number of hydrogen-bond donors (Lipinski definition) is 6. The number of aliphatic imine (C=N–C) groups is 1. The third-order valence-electron chi connectivity index (χ3n) is 15.2. The van der Waals surface area contributed by atoms with Gasteiger partial charge in [-0.1, -0.05) is 64.0 Å². The zero-order chi connectivity index (χ0) is 43.2. The highest BCUT2D eigenvalue weighted by Crippen LogP contribution is 2.56. The Kier molecular flexibility index (Phi) is 12.3. The minimum atomic E-state index is -0.872. The van der Waals surface area contributed by atoms with Crippen LogP contribution in [0.2, 0.25) is 0 Å². The number of ether oxygens (including phenoxy) is 3. The summed E-state index contributed by atoms with van der Waals surface area (Å²) in [6.45, 7) is 7.77. The maximum absolute atomic E-state index is 12.2. The van der Waals surface area contributed by atoms with E-state index in [1.165, 1.54) is 0 Å². The van der Waals surface area contributed by atoms with Crippen LogP contribution in [0.1, 0.15) is 112 Å². The van der Waals surface area contributed by atoms with Crippen LogP contribution in [-0.4, -0.2) is 64.9 Å². The van der Waals surface area contributed by atoms with Crippen LogP contribution in [0.5, 0.6) is 28.7 Å². The molecule has 3 aromatic carbocycles. The summed E-state index contributed by atoms with van der Waals surface area (Å²) in [5, 5.41) is 49.4. The van der Waals surface area contributed by atoms with Gasteiger partial charge in [0.1, 0.15) is 29.5 Å². The van der Waals surface area contributed by atoms with Crippen molar-refractivity contribution in [3.8, 4) is 39.9 Å². The van der Waals surface area contributed by atoms with Gasteiger partial charge in [-0.05, 0) is 133 Å². The molecular weight excluding hydrogens is 779 g/mol. The van der Waals surface area contributed by atoms with Crippen LogP contribution in [0.4, 0.5) is 0 Å². The number of aromatic hydroxyl groups is 2. The van der Waals surface area contributed by atoms with Gasteiger partial charge in [0.2, 0.25) is 0 Å². The van der Waals surface area contributed by atoms with Crippen molar-refractivity contribution >= 4 is 5.96 Å². The molecule has 0 spiro atoms. The number of rotatable bonds is 4. The molecule has 3 aromatic rings. The summed E-state index contributed by atoms with van der Waals surface area (Å²) in [5.74, 6) is 4.39. The first kappa shape index (κ1) is 42.6. The largest absolute Gasteiger partial charge is 0.508 e. The predicted molar refractivity (Wildman–Crippen MR) is 243 cm³/mol. The van der Waals surface area contributed by atoms with Gasteiger partial charge < -0.3 is 45.7 Å². The van der Waals surface area contributed by atoms with E-state index in [1.54, 1.807) is 13.2 Å². The van der Waals surface area contributed by atoms with Crippen molar-refractivity contribution in [1.82, 2.24) is 5.32 Å². The molecule has 12 bridgehead atoms. The lowest BCUT2D eigenvalue weighted by Gasteiger charge is -2.43. The summed E-state index contributed by atoms with van der Waals surface area (Å²) in [6.07, 6.45) is 16.2. The molecule has 0 radical (unpaired) electrons. The topological polar surface area (TPSA) is 159 Å². The van der Waals surface area contributed by atoms with Crippen LogP contribution >= 0.6 is 0 Å². The van der Waals surface area contributed by atoms with Crippen molar-refractivity contribution in [2.24, 2.45) is 52.2 Å². The van der Waals surface area contributed by atoms with Crippen molar-refractivity contribution in [3.63, 3.8) is 0 Å². The van der Waals surface area contributed by atoms with E-state index in [4.69, 9.17) is 24.9 Å². The Hall–Kier alpha value is -4.67. The van der Waals surface area contributed by atoms with E-state index in [9.17, 15) is 20.4 Å². The van der Waals surface area contributed by atoms with Crippen LogP contribution < -0.4 is 25.3 Å². The molecule has 10 heteroatoms. The van der Waals surface area contributed by atoms with Gasteiger partial charge in [-0.3, -0.25) is 4.99 Å². The van der Waals surface area contributed by atoms with Crippen molar-refractivity contribution in [2.75, 3.05) is 20.2 Å². The molecule has 9 aliphatic rings. The van der Waals surface area contributed by atoms with E-state index in [-0.39, 0.29) is 47.4 Å². The molecule has 1 saturated carbocycles. The second-order valence-electron chi connectivity index (χ2n) is 19.6. The number of benzene rings is 3. The summed E-state index contributed by atoms with van der Waals surface area (Å²) in [5.41, 5.74) is 13.4. The van der Waals surface area contributed by atoms with E-state index in [0.717, 1.165) is 90.3 Å². The molecule has 1 fully saturated rings. The van der Waals surface area contributed by atoms with Crippen LogP contribution in [0, 0.1) is 41.4 Å². The van der Waals surface area contributed by atoms with Crippen molar-refractivity contribution < 1.29 is 34.6 Å². The first-order valence-corrected chi connectivity index (χ1v) is 23.5. The molecule has 10 nitrogen and oxygen atoms in total. The van der Waals surface area contributed by atoms with E-state index in [0.29, 0.717) is 73.1 Å². The Morgan fingerprint density at radius 3 is 2.48 bits per heavy atom. The molecule has 0 unspecified atom stereocenters. The van der Waals surface area contributed by atoms with E-state index >= 15 is 0 Å². The Morgan fingerprint density at radius 2 is 1.68 bits per heavy atom. The van der Waals surface area contributed by atoms with E-state index < -0.39 is 18.3 Å². The molecule has 332 valence electrons. The Morgan fingerprint density at radius 1 is 0.871 bits per heavy atom. The third kappa shape index (κ3) is 8.29. The molecule has 0 aromatic heterocycles. The number of nitrogens with one attached hydrogen (secondary N) is 1. The molecule has 0 saturated heterocycles. The molecule has 4 aliphatic carbocycles. The minimum absolute atomic E-state index is 0.0403. The number of guanidine groups is 1. The molecule has 12 rings (SSSR count). The average molecular weight is 846 g/mol. The van der Waals surface area contributed by atoms with Gasteiger partial charge in [-0.15, -0.1) is 0 Å². The highest BCUT2D eigenvalue weighted by Gasteiger charge is 2.44. The summed E-state index contributed by atoms with van der Waals surface area (Å²) in [4.78, 5) is 4.75. The number of hydrogen-bond acceptors (Lipinski definition) is 10. The Bertz CT molecular complexity index is 2220. The molecule has 62 heavy (non-hydrogen) atoms. The van der Waals surface area contributed by atoms with Gasteiger partial charge >= 0.3 is 0 Å². The van der Waals surface area contributed by atoms with Gasteiger partial charge in [0.25, 0.3) is 0 Å². The zero-order valence-corrected chi connectivity index (χ0v) is 36.9. The summed E-state index contributed by atoms with van der Waals surface area (Å²) >= 11 is 0. The molecule has 5 heterocycles. The fourth-order valence-electron chi connectivity index (χ4n) is 12.0. The van der Waals surface area contributed by atoms with Gasteiger partial charge in [-0.25, -0.2) is 0 Å². The predicted octanol–water partition coefficient (Wildman–Crippen LogP) is 8.67. The highest BCUT2D eigenvalue weighted by molar-refractivity contribution is 5.84. The van der Waals surface area contributed by atoms with Crippen LogP contribution in [-0.2, 0) is 19.3 Å².